The summed E-state index contributed by atoms with van der Waals surface area (Å²) in [5.41, 5.74) is 2.91. The minimum absolute atomic E-state index is 0.805. The van der Waals surface area contributed by atoms with E-state index < -0.39 is 0 Å². The van der Waals surface area contributed by atoms with Crippen LogP contribution in [0.25, 0.3) is 0 Å². The van der Waals surface area contributed by atoms with Crippen LogP contribution < -0.4 is 5.32 Å². The summed E-state index contributed by atoms with van der Waals surface area (Å²) in [5.74, 6) is 0.805. The fourth-order valence-corrected chi connectivity index (χ4v) is 2.71. The SMILES string of the molecule is CCNCCc1ccc(CN(CCC(C)C)C2CC2)cc1. The van der Waals surface area contributed by atoms with Gasteiger partial charge in [0.25, 0.3) is 0 Å². The van der Waals surface area contributed by atoms with E-state index in [1.165, 1.54) is 36.9 Å². The summed E-state index contributed by atoms with van der Waals surface area (Å²) < 4.78 is 0. The summed E-state index contributed by atoms with van der Waals surface area (Å²) in [6.07, 6.45) is 5.25. The number of nitrogens with zero attached hydrogens (tertiary/aromatic N) is 1. The highest BCUT2D eigenvalue weighted by Crippen LogP contribution is 2.29. The van der Waals surface area contributed by atoms with Gasteiger partial charge in [-0.3, -0.25) is 4.90 Å². The van der Waals surface area contributed by atoms with E-state index in [4.69, 9.17) is 0 Å². The predicted molar refractivity (Wildman–Crippen MR) is 91.6 cm³/mol. The molecule has 0 spiro atoms. The Bertz CT molecular complexity index is 393. The van der Waals surface area contributed by atoms with Gasteiger partial charge in [0.1, 0.15) is 0 Å². The van der Waals surface area contributed by atoms with Crippen molar-refractivity contribution in [3.8, 4) is 0 Å². The lowest BCUT2D eigenvalue weighted by atomic mass is 10.1. The molecule has 21 heavy (non-hydrogen) atoms. The molecule has 1 aliphatic carbocycles. The van der Waals surface area contributed by atoms with Crippen LogP contribution in [-0.4, -0.2) is 30.6 Å². The number of likely N-dealkylation sites (N-methyl/N-ethyl adjacent to an activating group) is 1. The number of benzene rings is 1. The molecule has 0 aromatic heterocycles. The third kappa shape index (κ3) is 6.19. The van der Waals surface area contributed by atoms with Gasteiger partial charge in [0.15, 0.2) is 0 Å². The Hall–Kier alpha value is -0.860. The van der Waals surface area contributed by atoms with E-state index >= 15 is 0 Å². The van der Waals surface area contributed by atoms with E-state index in [2.05, 4.69) is 55.3 Å². The van der Waals surface area contributed by atoms with Crippen LogP contribution in [-0.2, 0) is 13.0 Å². The second-order valence-corrected chi connectivity index (χ2v) is 6.80. The smallest absolute Gasteiger partial charge is 0.0236 e. The monoisotopic (exact) mass is 288 g/mol. The Morgan fingerprint density at radius 3 is 2.38 bits per heavy atom. The van der Waals surface area contributed by atoms with Crippen molar-refractivity contribution in [1.29, 1.82) is 0 Å². The molecule has 0 unspecified atom stereocenters. The standard InChI is InChI=1S/C19H32N2/c1-4-20-13-11-17-5-7-18(8-6-17)15-21(19-9-10-19)14-12-16(2)3/h5-8,16,19-20H,4,9-15H2,1-3H3. The normalized spacial score (nSPS) is 15.1. The molecule has 1 N–H and O–H groups in total. The molecule has 0 heterocycles. The van der Waals surface area contributed by atoms with Gasteiger partial charge in [0, 0.05) is 12.6 Å². The zero-order chi connectivity index (χ0) is 15.1. The van der Waals surface area contributed by atoms with Crippen molar-refractivity contribution in [3.05, 3.63) is 35.4 Å². The molecular weight excluding hydrogens is 256 g/mol. The van der Waals surface area contributed by atoms with Crippen LogP contribution in [0.4, 0.5) is 0 Å². The molecule has 1 aromatic rings. The van der Waals surface area contributed by atoms with Gasteiger partial charge < -0.3 is 5.32 Å². The molecule has 0 amide bonds. The van der Waals surface area contributed by atoms with Crippen LogP contribution in [0.5, 0.6) is 0 Å². The minimum Gasteiger partial charge on any atom is -0.317 e. The molecule has 2 heteroatoms. The van der Waals surface area contributed by atoms with Crippen molar-refractivity contribution in [3.63, 3.8) is 0 Å². The summed E-state index contributed by atoms with van der Waals surface area (Å²) in [6.45, 7) is 11.3. The van der Waals surface area contributed by atoms with Crippen LogP contribution in [0.3, 0.4) is 0 Å². The minimum atomic E-state index is 0.805. The quantitative estimate of drug-likeness (QED) is 0.658. The van der Waals surface area contributed by atoms with Crippen molar-refractivity contribution < 1.29 is 0 Å². The van der Waals surface area contributed by atoms with Gasteiger partial charge in [0.2, 0.25) is 0 Å². The Labute approximate surface area is 130 Å². The van der Waals surface area contributed by atoms with E-state index in [9.17, 15) is 0 Å². The number of rotatable bonds is 10. The summed E-state index contributed by atoms with van der Waals surface area (Å²) in [5, 5.41) is 3.39. The Balaban J connectivity index is 1.82. The van der Waals surface area contributed by atoms with Crippen LogP contribution in [0.1, 0.15) is 51.2 Å². The van der Waals surface area contributed by atoms with Gasteiger partial charge in [-0.05, 0) is 62.4 Å². The molecule has 2 nitrogen and oxygen atoms in total. The van der Waals surface area contributed by atoms with Gasteiger partial charge in [-0.2, -0.15) is 0 Å². The molecule has 0 radical (unpaired) electrons. The molecule has 1 aromatic carbocycles. The average molecular weight is 288 g/mol. The third-order valence-corrected chi connectivity index (χ3v) is 4.31. The van der Waals surface area contributed by atoms with Crippen molar-refractivity contribution >= 4 is 0 Å². The second-order valence-electron chi connectivity index (χ2n) is 6.80. The predicted octanol–water partition coefficient (Wildman–Crippen LogP) is 3.85. The highest BCUT2D eigenvalue weighted by atomic mass is 15.2. The maximum absolute atomic E-state index is 3.39. The van der Waals surface area contributed by atoms with Crippen LogP contribution in [0.15, 0.2) is 24.3 Å². The van der Waals surface area contributed by atoms with E-state index in [0.717, 1.165) is 38.0 Å². The summed E-state index contributed by atoms with van der Waals surface area (Å²) in [4.78, 5) is 2.69. The van der Waals surface area contributed by atoms with E-state index in [1.807, 2.05) is 0 Å². The van der Waals surface area contributed by atoms with Gasteiger partial charge in [-0.15, -0.1) is 0 Å². The van der Waals surface area contributed by atoms with Crippen LogP contribution >= 0.6 is 0 Å². The largest absolute Gasteiger partial charge is 0.317 e. The zero-order valence-corrected chi connectivity index (χ0v) is 14.1. The fourth-order valence-electron chi connectivity index (χ4n) is 2.71. The Morgan fingerprint density at radius 1 is 1.14 bits per heavy atom. The Morgan fingerprint density at radius 2 is 1.81 bits per heavy atom. The molecule has 0 atom stereocenters. The molecule has 0 aliphatic heterocycles. The van der Waals surface area contributed by atoms with E-state index in [0.29, 0.717) is 0 Å². The molecule has 1 aliphatic rings. The Kier molecular flexibility index (Phi) is 6.72. The van der Waals surface area contributed by atoms with Gasteiger partial charge >= 0.3 is 0 Å². The lowest BCUT2D eigenvalue weighted by Crippen LogP contribution is -2.27. The molecule has 1 saturated carbocycles. The first-order chi connectivity index (χ1) is 10.2. The third-order valence-electron chi connectivity index (χ3n) is 4.31. The molecule has 0 saturated heterocycles. The molecule has 118 valence electrons. The molecular formula is C19H32N2. The maximum atomic E-state index is 3.39. The van der Waals surface area contributed by atoms with Crippen LogP contribution in [0.2, 0.25) is 0 Å². The van der Waals surface area contributed by atoms with E-state index in [1.54, 1.807) is 0 Å². The van der Waals surface area contributed by atoms with Gasteiger partial charge in [0.05, 0.1) is 0 Å². The fraction of sp³-hybridized carbons (Fsp3) is 0.684. The zero-order valence-electron chi connectivity index (χ0n) is 14.1. The average Bonchev–Trinajstić information content (AvgIpc) is 3.30. The highest BCUT2D eigenvalue weighted by molar-refractivity contribution is 5.23. The maximum Gasteiger partial charge on any atom is 0.0236 e. The number of hydrogen-bond acceptors (Lipinski definition) is 2. The summed E-state index contributed by atoms with van der Waals surface area (Å²) in [7, 11) is 0. The van der Waals surface area contributed by atoms with E-state index in [-0.39, 0.29) is 0 Å². The topological polar surface area (TPSA) is 15.3 Å². The highest BCUT2D eigenvalue weighted by Gasteiger charge is 2.28. The van der Waals surface area contributed by atoms with Crippen molar-refractivity contribution in [2.75, 3.05) is 19.6 Å². The van der Waals surface area contributed by atoms with Crippen molar-refractivity contribution in [2.24, 2.45) is 5.92 Å². The van der Waals surface area contributed by atoms with Gasteiger partial charge in [-0.25, -0.2) is 0 Å². The summed E-state index contributed by atoms with van der Waals surface area (Å²) in [6, 6.07) is 10.1. The molecule has 0 bridgehead atoms. The molecule has 1 fully saturated rings. The van der Waals surface area contributed by atoms with Crippen molar-refractivity contribution in [1.82, 2.24) is 10.2 Å². The second kappa shape index (κ2) is 8.55. The first-order valence-electron chi connectivity index (χ1n) is 8.71. The summed E-state index contributed by atoms with van der Waals surface area (Å²) >= 11 is 0. The number of nitrogens with one attached hydrogen (secondary N) is 1. The van der Waals surface area contributed by atoms with Crippen LogP contribution in [0, 0.1) is 5.92 Å². The lowest BCUT2D eigenvalue weighted by molar-refractivity contribution is 0.239. The van der Waals surface area contributed by atoms with Gasteiger partial charge in [-0.1, -0.05) is 45.0 Å². The first-order valence-corrected chi connectivity index (χ1v) is 8.71. The first kappa shape index (κ1) is 16.5. The number of hydrogen-bond donors (Lipinski definition) is 1. The van der Waals surface area contributed by atoms with Crippen molar-refractivity contribution in [2.45, 2.75) is 59.0 Å². The molecule has 2 rings (SSSR count). The lowest BCUT2D eigenvalue weighted by Gasteiger charge is -2.23.